The predicted octanol–water partition coefficient (Wildman–Crippen LogP) is 1.04. The van der Waals surface area contributed by atoms with Crippen LogP contribution in [0.25, 0.3) is 0 Å². The molecule has 3 unspecified atom stereocenters. The molecule has 2 saturated heterocycles. The third-order valence-corrected chi connectivity index (χ3v) is 4.60. The molecule has 2 aliphatic heterocycles. The topological polar surface area (TPSA) is 83.9 Å². The highest BCUT2D eigenvalue weighted by atomic mass is 16.5. The van der Waals surface area contributed by atoms with Crippen molar-refractivity contribution in [2.75, 3.05) is 6.54 Å². The van der Waals surface area contributed by atoms with Crippen LogP contribution in [0.3, 0.4) is 0 Å². The highest BCUT2D eigenvalue weighted by molar-refractivity contribution is 6.05. The Balaban J connectivity index is 2.02. The number of rotatable bonds is 4. The number of hydrogen-bond acceptors (Lipinski definition) is 4. The summed E-state index contributed by atoms with van der Waals surface area (Å²) in [4.78, 5) is 36.5. The van der Waals surface area contributed by atoms with E-state index in [0.29, 0.717) is 12.8 Å². The summed E-state index contributed by atoms with van der Waals surface area (Å²) in [5.41, 5.74) is -0.651. The number of aliphatic carboxylic acids is 1. The molecule has 0 aliphatic carbocycles. The lowest BCUT2D eigenvalue weighted by molar-refractivity contribution is -0.151. The number of imide groups is 1. The minimum absolute atomic E-state index is 0.0835. The maximum atomic E-state index is 12.4. The lowest BCUT2D eigenvalue weighted by Crippen LogP contribution is -2.41. The van der Waals surface area contributed by atoms with Crippen LogP contribution in [0.5, 0.6) is 0 Å². The van der Waals surface area contributed by atoms with Crippen molar-refractivity contribution in [3.63, 3.8) is 0 Å². The van der Waals surface area contributed by atoms with Gasteiger partial charge in [-0.2, -0.15) is 0 Å². The molecule has 2 amide bonds. The van der Waals surface area contributed by atoms with Crippen molar-refractivity contribution in [2.45, 2.75) is 52.2 Å². The van der Waals surface area contributed by atoms with Gasteiger partial charge in [0.1, 0.15) is 0 Å². The van der Waals surface area contributed by atoms with E-state index in [9.17, 15) is 14.4 Å². The molecule has 2 rings (SSSR count). The van der Waals surface area contributed by atoms with Crippen molar-refractivity contribution in [3.8, 4) is 0 Å². The summed E-state index contributed by atoms with van der Waals surface area (Å²) in [5, 5.41) is 8.88. The zero-order chi connectivity index (χ0) is 15.1. The average molecular weight is 283 g/mol. The molecule has 3 atom stereocenters. The molecule has 0 aromatic carbocycles. The number of carboxylic acid groups (broad SMARTS) is 1. The summed E-state index contributed by atoms with van der Waals surface area (Å²) in [6.45, 7) is 5.85. The van der Waals surface area contributed by atoms with Gasteiger partial charge < -0.3 is 9.84 Å². The summed E-state index contributed by atoms with van der Waals surface area (Å²) in [6, 6.07) is 0. The normalized spacial score (nSPS) is 34.3. The van der Waals surface area contributed by atoms with Gasteiger partial charge in [-0.25, -0.2) is 4.79 Å². The van der Waals surface area contributed by atoms with Crippen molar-refractivity contribution in [3.05, 3.63) is 0 Å². The Morgan fingerprint density at radius 2 is 2.10 bits per heavy atom. The van der Waals surface area contributed by atoms with Crippen LogP contribution in [0.4, 0.5) is 0 Å². The third-order valence-electron chi connectivity index (χ3n) is 4.60. The summed E-state index contributed by atoms with van der Waals surface area (Å²) in [5.74, 6) is -1.26. The molecule has 2 aliphatic rings. The molecule has 0 saturated carbocycles. The van der Waals surface area contributed by atoms with Crippen LogP contribution in [0.1, 0.15) is 40.0 Å². The molecule has 20 heavy (non-hydrogen) atoms. The lowest BCUT2D eigenvalue weighted by Gasteiger charge is -2.26. The minimum atomic E-state index is -0.987. The van der Waals surface area contributed by atoms with E-state index in [4.69, 9.17) is 9.84 Å². The van der Waals surface area contributed by atoms with Crippen LogP contribution < -0.4 is 0 Å². The number of ether oxygens (including phenoxy) is 1. The Kier molecular flexibility index (Phi) is 3.86. The molecule has 0 aromatic heterocycles. The van der Waals surface area contributed by atoms with E-state index in [1.165, 1.54) is 4.90 Å². The molecule has 0 radical (unpaired) electrons. The summed E-state index contributed by atoms with van der Waals surface area (Å²) in [6.07, 6.45) is 0.0330. The van der Waals surface area contributed by atoms with Gasteiger partial charge in [-0.3, -0.25) is 14.5 Å². The monoisotopic (exact) mass is 283 g/mol. The number of nitrogens with zero attached hydrogens (tertiary/aromatic N) is 1. The number of carbonyl (C=O) groups is 3. The van der Waals surface area contributed by atoms with E-state index >= 15 is 0 Å². The number of hydrogen-bond donors (Lipinski definition) is 1. The van der Waals surface area contributed by atoms with Crippen LogP contribution in [0, 0.1) is 11.3 Å². The van der Waals surface area contributed by atoms with Crippen LogP contribution in [0.2, 0.25) is 0 Å². The largest absolute Gasteiger partial charge is 0.479 e. The fraction of sp³-hybridized carbons (Fsp3) is 0.786. The third kappa shape index (κ3) is 2.44. The molecule has 0 spiro atoms. The van der Waals surface area contributed by atoms with Gasteiger partial charge >= 0.3 is 5.97 Å². The molecule has 0 aromatic rings. The van der Waals surface area contributed by atoms with Gasteiger partial charge in [0.15, 0.2) is 6.10 Å². The molecule has 112 valence electrons. The fourth-order valence-corrected chi connectivity index (χ4v) is 2.77. The first-order chi connectivity index (χ1) is 9.25. The van der Waals surface area contributed by atoms with E-state index in [0.717, 1.165) is 0 Å². The van der Waals surface area contributed by atoms with Crippen molar-refractivity contribution < 1.29 is 24.2 Å². The summed E-state index contributed by atoms with van der Waals surface area (Å²) < 4.78 is 5.36. The van der Waals surface area contributed by atoms with E-state index < -0.39 is 17.5 Å². The fourth-order valence-electron chi connectivity index (χ4n) is 2.77. The van der Waals surface area contributed by atoms with E-state index in [1.807, 2.05) is 20.8 Å². The molecule has 6 nitrogen and oxygen atoms in total. The van der Waals surface area contributed by atoms with Gasteiger partial charge in [0, 0.05) is 6.42 Å². The Morgan fingerprint density at radius 1 is 1.45 bits per heavy atom. The number of carbonyl (C=O) groups excluding carboxylic acids is 2. The second-order valence-electron chi connectivity index (χ2n) is 6.22. The quantitative estimate of drug-likeness (QED) is 0.779. The Hall–Kier alpha value is -1.43. The highest BCUT2D eigenvalue weighted by Gasteiger charge is 2.50. The summed E-state index contributed by atoms with van der Waals surface area (Å²) in [7, 11) is 0. The second-order valence-corrected chi connectivity index (χ2v) is 6.22. The zero-order valence-corrected chi connectivity index (χ0v) is 12.1. The van der Waals surface area contributed by atoms with Gasteiger partial charge in [-0.15, -0.1) is 0 Å². The summed E-state index contributed by atoms with van der Waals surface area (Å²) >= 11 is 0. The zero-order valence-electron chi connectivity index (χ0n) is 12.1. The van der Waals surface area contributed by atoms with E-state index in [2.05, 4.69) is 0 Å². The van der Waals surface area contributed by atoms with Crippen molar-refractivity contribution >= 4 is 17.8 Å². The standard InChI is InChI=1S/C14H21NO5/c1-8(2)14(3)6-11(16)15(13(14)19)7-9-4-5-10(20-9)12(17)18/h8-10H,4-7H2,1-3H3,(H,17,18). The van der Waals surface area contributed by atoms with Gasteiger partial charge in [0.2, 0.25) is 11.8 Å². The molecule has 1 N–H and O–H groups in total. The minimum Gasteiger partial charge on any atom is -0.479 e. The molecule has 0 bridgehead atoms. The van der Waals surface area contributed by atoms with Crippen LogP contribution in [-0.4, -0.2) is 46.5 Å². The number of amides is 2. The maximum absolute atomic E-state index is 12.4. The Morgan fingerprint density at radius 3 is 2.55 bits per heavy atom. The Bertz CT molecular complexity index is 447. The van der Waals surface area contributed by atoms with Gasteiger partial charge in [0.05, 0.1) is 18.1 Å². The van der Waals surface area contributed by atoms with E-state index in [-0.39, 0.29) is 36.8 Å². The smallest absolute Gasteiger partial charge is 0.332 e. The first kappa shape index (κ1) is 15.0. The van der Waals surface area contributed by atoms with Crippen LogP contribution in [0.15, 0.2) is 0 Å². The van der Waals surface area contributed by atoms with Crippen LogP contribution in [-0.2, 0) is 19.1 Å². The molecule has 2 fully saturated rings. The molecule has 6 heteroatoms. The van der Waals surface area contributed by atoms with Crippen LogP contribution >= 0.6 is 0 Å². The first-order valence-corrected chi connectivity index (χ1v) is 6.98. The van der Waals surface area contributed by atoms with Gasteiger partial charge in [-0.1, -0.05) is 13.8 Å². The Labute approximate surface area is 118 Å². The molecule has 2 heterocycles. The number of likely N-dealkylation sites (tertiary alicyclic amines) is 1. The van der Waals surface area contributed by atoms with Crippen molar-refractivity contribution in [2.24, 2.45) is 11.3 Å². The maximum Gasteiger partial charge on any atom is 0.332 e. The van der Waals surface area contributed by atoms with Gasteiger partial charge in [-0.05, 0) is 25.7 Å². The van der Waals surface area contributed by atoms with Gasteiger partial charge in [0.25, 0.3) is 0 Å². The first-order valence-electron chi connectivity index (χ1n) is 6.98. The van der Waals surface area contributed by atoms with E-state index in [1.54, 1.807) is 0 Å². The predicted molar refractivity (Wildman–Crippen MR) is 69.8 cm³/mol. The highest BCUT2D eigenvalue weighted by Crippen LogP contribution is 2.39. The number of carboxylic acids is 1. The average Bonchev–Trinajstić information content (AvgIpc) is 2.90. The molecular weight excluding hydrogens is 262 g/mol. The lowest BCUT2D eigenvalue weighted by atomic mass is 9.78. The second kappa shape index (κ2) is 5.16. The van der Waals surface area contributed by atoms with Crippen molar-refractivity contribution in [1.29, 1.82) is 0 Å². The molecular formula is C14H21NO5. The SMILES string of the molecule is CC(C)C1(C)CC(=O)N(CC2CCC(C(=O)O)O2)C1=O. The van der Waals surface area contributed by atoms with Crippen molar-refractivity contribution in [1.82, 2.24) is 4.90 Å².